The van der Waals surface area contributed by atoms with Gasteiger partial charge in [-0.1, -0.05) is 6.07 Å². The molecule has 2 aliphatic rings. The van der Waals surface area contributed by atoms with Crippen molar-refractivity contribution in [1.29, 1.82) is 0 Å². The molecule has 0 spiro atoms. The third-order valence-corrected chi connectivity index (χ3v) is 7.26. The summed E-state index contributed by atoms with van der Waals surface area (Å²) in [4.78, 5) is 35.2. The zero-order valence-electron chi connectivity index (χ0n) is 21.4. The molecule has 1 amide bonds. The molecule has 7 heteroatoms. The van der Waals surface area contributed by atoms with E-state index >= 15 is 0 Å². The molecular weight excluding hydrogens is 466 g/mol. The van der Waals surface area contributed by atoms with Crippen LogP contribution in [-0.2, 0) is 9.59 Å². The Morgan fingerprint density at radius 1 is 0.946 bits per heavy atom. The maximum Gasteiger partial charge on any atom is 0.300 e. The number of ketones is 1. The number of piperidine rings is 1. The number of aromatic nitrogens is 1. The molecule has 1 atom stereocenters. The van der Waals surface area contributed by atoms with Crippen LogP contribution in [0.15, 0.2) is 66.4 Å². The number of aliphatic hydroxyl groups is 1. The van der Waals surface area contributed by atoms with Crippen molar-refractivity contribution < 1.29 is 19.4 Å². The number of carbonyl (C=O) groups is 2. The molecule has 3 heterocycles. The number of amides is 1. The zero-order chi connectivity index (χ0) is 26.1. The molecule has 1 N–H and O–H groups in total. The quantitative estimate of drug-likeness (QED) is 0.292. The number of hydrogen-bond acceptors (Lipinski definition) is 6. The fraction of sp³-hybridized carbons (Fsp3) is 0.300. The van der Waals surface area contributed by atoms with Gasteiger partial charge in [-0.05, 0) is 92.8 Å². The van der Waals surface area contributed by atoms with Gasteiger partial charge in [-0.15, -0.1) is 0 Å². The first-order valence-electron chi connectivity index (χ1n) is 12.6. The van der Waals surface area contributed by atoms with Crippen LogP contribution < -0.4 is 14.5 Å². The number of nitrogens with zero attached hydrogens (tertiary/aromatic N) is 3. The predicted molar refractivity (Wildman–Crippen MR) is 144 cm³/mol. The molecule has 1 aromatic heterocycles. The van der Waals surface area contributed by atoms with Crippen molar-refractivity contribution >= 4 is 28.8 Å². The molecule has 0 bridgehead atoms. The standard InChI is InChI=1S/C30H31N3O4/c1-19-18-25(37-3)20(2)17-23(19)28(34)26-27(24-9-5-6-14-31-24)33(30(36)29(26)35)22-12-10-21(11-13-22)32-15-7-4-8-16-32/h5-6,9-14,17-18,27,34H,4,7-8,15-16H2,1-3H3/b28-26+. The molecule has 2 saturated heterocycles. The zero-order valence-corrected chi connectivity index (χ0v) is 21.4. The second-order valence-corrected chi connectivity index (χ2v) is 9.62. The summed E-state index contributed by atoms with van der Waals surface area (Å²) >= 11 is 0. The minimum Gasteiger partial charge on any atom is -0.507 e. The number of hydrogen-bond donors (Lipinski definition) is 1. The van der Waals surface area contributed by atoms with Gasteiger partial charge in [0.15, 0.2) is 0 Å². The lowest BCUT2D eigenvalue weighted by molar-refractivity contribution is -0.132. The molecule has 2 fully saturated rings. The van der Waals surface area contributed by atoms with Gasteiger partial charge in [0.05, 0.1) is 18.4 Å². The van der Waals surface area contributed by atoms with Crippen molar-refractivity contribution in [3.63, 3.8) is 0 Å². The normalized spacial score (nSPS) is 19.4. The van der Waals surface area contributed by atoms with Gasteiger partial charge in [-0.2, -0.15) is 0 Å². The largest absolute Gasteiger partial charge is 0.507 e. The average Bonchev–Trinajstić information content (AvgIpc) is 3.20. The van der Waals surface area contributed by atoms with Crippen molar-refractivity contribution in [2.24, 2.45) is 0 Å². The third-order valence-electron chi connectivity index (χ3n) is 7.26. The highest BCUT2D eigenvalue weighted by Crippen LogP contribution is 2.42. The second kappa shape index (κ2) is 10.1. The van der Waals surface area contributed by atoms with Crippen LogP contribution >= 0.6 is 0 Å². The van der Waals surface area contributed by atoms with Gasteiger partial charge in [0.25, 0.3) is 11.7 Å². The molecule has 2 aliphatic heterocycles. The fourth-order valence-corrected chi connectivity index (χ4v) is 5.30. The van der Waals surface area contributed by atoms with Crippen LogP contribution in [0.4, 0.5) is 11.4 Å². The average molecular weight is 498 g/mol. The van der Waals surface area contributed by atoms with Crippen LogP contribution in [0.2, 0.25) is 0 Å². The Labute approximate surface area is 217 Å². The lowest BCUT2D eigenvalue weighted by Gasteiger charge is -2.30. The monoisotopic (exact) mass is 497 g/mol. The van der Waals surface area contributed by atoms with Crippen molar-refractivity contribution in [2.75, 3.05) is 30.0 Å². The van der Waals surface area contributed by atoms with E-state index < -0.39 is 17.7 Å². The predicted octanol–water partition coefficient (Wildman–Crippen LogP) is 5.32. The molecule has 0 radical (unpaired) electrons. The summed E-state index contributed by atoms with van der Waals surface area (Å²) in [5.74, 6) is -0.957. The van der Waals surface area contributed by atoms with Crippen LogP contribution in [0.3, 0.4) is 0 Å². The Balaban J connectivity index is 1.62. The molecular formula is C30H31N3O4. The van der Waals surface area contributed by atoms with Crippen LogP contribution in [0, 0.1) is 13.8 Å². The Hall–Kier alpha value is -4.13. The first-order valence-corrected chi connectivity index (χ1v) is 12.6. The third kappa shape index (κ3) is 4.46. The van der Waals surface area contributed by atoms with Gasteiger partial charge in [-0.25, -0.2) is 0 Å². The van der Waals surface area contributed by atoms with Crippen LogP contribution in [-0.4, -0.2) is 42.0 Å². The smallest absolute Gasteiger partial charge is 0.300 e. The number of aliphatic hydroxyl groups excluding tert-OH is 1. The van der Waals surface area contributed by atoms with Crippen molar-refractivity contribution in [2.45, 2.75) is 39.2 Å². The molecule has 2 aromatic carbocycles. The van der Waals surface area contributed by atoms with E-state index in [9.17, 15) is 14.7 Å². The summed E-state index contributed by atoms with van der Waals surface area (Å²) in [6.45, 7) is 5.73. The fourth-order valence-electron chi connectivity index (χ4n) is 5.30. The minimum absolute atomic E-state index is 0.0245. The maximum absolute atomic E-state index is 13.5. The number of benzene rings is 2. The van der Waals surface area contributed by atoms with Gasteiger partial charge in [0.1, 0.15) is 17.6 Å². The van der Waals surface area contributed by atoms with Gasteiger partial charge < -0.3 is 14.7 Å². The van der Waals surface area contributed by atoms with Gasteiger partial charge >= 0.3 is 0 Å². The number of carbonyl (C=O) groups excluding carboxylic acids is 2. The molecule has 0 aliphatic carbocycles. The van der Waals surface area contributed by atoms with E-state index in [0.717, 1.165) is 29.9 Å². The molecule has 3 aromatic rings. The number of ether oxygens (including phenoxy) is 1. The number of Topliss-reactive ketones (excluding diaryl/α,β-unsaturated/α-hetero) is 1. The molecule has 37 heavy (non-hydrogen) atoms. The summed E-state index contributed by atoms with van der Waals surface area (Å²) in [5, 5.41) is 11.5. The van der Waals surface area contributed by atoms with E-state index in [-0.39, 0.29) is 11.3 Å². The Bertz CT molecular complexity index is 1360. The maximum atomic E-state index is 13.5. The van der Waals surface area contributed by atoms with E-state index in [4.69, 9.17) is 4.74 Å². The van der Waals surface area contributed by atoms with Crippen molar-refractivity contribution in [3.05, 3.63) is 88.8 Å². The molecule has 5 rings (SSSR count). The summed E-state index contributed by atoms with van der Waals surface area (Å²) in [6.07, 6.45) is 5.20. The van der Waals surface area contributed by atoms with Crippen molar-refractivity contribution in [3.8, 4) is 5.75 Å². The number of aryl methyl sites for hydroxylation is 2. The Morgan fingerprint density at radius 2 is 1.65 bits per heavy atom. The number of pyridine rings is 1. The number of anilines is 2. The molecule has 7 nitrogen and oxygen atoms in total. The van der Waals surface area contributed by atoms with E-state index in [1.807, 2.05) is 50.2 Å². The summed E-state index contributed by atoms with van der Waals surface area (Å²) < 4.78 is 5.40. The van der Waals surface area contributed by atoms with Crippen LogP contribution in [0.25, 0.3) is 5.76 Å². The minimum atomic E-state index is -0.858. The summed E-state index contributed by atoms with van der Waals surface area (Å²) in [6, 6.07) is 15.8. The first-order chi connectivity index (χ1) is 17.9. The second-order valence-electron chi connectivity index (χ2n) is 9.62. The van der Waals surface area contributed by atoms with Gasteiger partial charge in [0, 0.05) is 36.2 Å². The molecule has 1 unspecified atom stereocenters. The van der Waals surface area contributed by atoms with Crippen LogP contribution in [0.5, 0.6) is 5.75 Å². The van der Waals surface area contributed by atoms with Crippen molar-refractivity contribution in [1.82, 2.24) is 4.98 Å². The van der Waals surface area contributed by atoms with E-state index in [0.29, 0.717) is 22.7 Å². The van der Waals surface area contributed by atoms with Gasteiger partial charge in [0.2, 0.25) is 0 Å². The molecule has 0 saturated carbocycles. The summed E-state index contributed by atoms with van der Waals surface area (Å²) in [5.41, 5.74) is 4.24. The Kier molecular flexibility index (Phi) is 6.70. The SMILES string of the molecule is COc1cc(C)c(/C(O)=C2\C(=O)C(=O)N(c3ccc(N4CCCCC4)cc3)C2c2ccccn2)cc1C. The first kappa shape index (κ1) is 24.6. The number of methoxy groups -OCH3 is 1. The van der Waals surface area contributed by atoms with E-state index in [1.165, 1.54) is 24.2 Å². The molecule has 190 valence electrons. The highest BCUT2D eigenvalue weighted by atomic mass is 16.5. The van der Waals surface area contributed by atoms with Crippen LogP contribution in [0.1, 0.15) is 47.7 Å². The lowest BCUT2D eigenvalue weighted by atomic mass is 9.95. The highest BCUT2D eigenvalue weighted by molar-refractivity contribution is 6.51. The Morgan fingerprint density at radius 3 is 2.30 bits per heavy atom. The lowest BCUT2D eigenvalue weighted by Crippen LogP contribution is -2.31. The number of rotatable bonds is 5. The summed E-state index contributed by atoms with van der Waals surface area (Å²) in [7, 11) is 1.59. The van der Waals surface area contributed by atoms with E-state index in [2.05, 4.69) is 9.88 Å². The van der Waals surface area contributed by atoms with Gasteiger partial charge in [-0.3, -0.25) is 19.5 Å². The topological polar surface area (TPSA) is 83.0 Å². The highest BCUT2D eigenvalue weighted by Gasteiger charge is 2.47. The van der Waals surface area contributed by atoms with E-state index in [1.54, 1.807) is 31.5 Å².